The summed E-state index contributed by atoms with van der Waals surface area (Å²) in [4.78, 5) is 0. The number of hydrogen-bond donors (Lipinski definition) is 0. The van der Waals surface area contributed by atoms with Crippen LogP contribution in [0.5, 0.6) is 0 Å². The fourth-order valence-corrected chi connectivity index (χ4v) is 6.55. The van der Waals surface area contributed by atoms with Crippen LogP contribution >= 0.6 is 0 Å². The highest BCUT2D eigenvalue weighted by atomic mass is 19.1. The average Bonchev–Trinajstić information content (AvgIpc) is 3.28. The van der Waals surface area contributed by atoms with E-state index in [1.807, 2.05) is 18.2 Å². The van der Waals surface area contributed by atoms with E-state index in [4.69, 9.17) is 0 Å². The molecule has 0 aliphatic rings. The second-order valence-corrected chi connectivity index (χ2v) is 11.9. The van der Waals surface area contributed by atoms with Gasteiger partial charge in [0.15, 0.2) is 6.20 Å². The minimum Gasteiger partial charge on any atom is -0.301 e. The molecule has 5 aromatic carbocycles. The molecule has 0 fully saturated rings. The molecule has 2 heterocycles. The number of para-hydroxylation sites is 2. The number of fused-ring (bicyclic) bond motifs is 5. The van der Waals surface area contributed by atoms with E-state index in [1.165, 1.54) is 27.5 Å². The molecule has 7 aromatic rings. The average molecular weight is 524 g/mol. The molecule has 0 bridgehead atoms. The van der Waals surface area contributed by atoms with Crippen molar-refractivity contribution in [3.63, 3.8) is 0 Å². The third-order valence-corrected chi connectivity index (χ3v) is 8.39. The number of rotatable bonds is 2. The Bertz CT molecular complexity index is 2130. The summed E-state index contributed by atoms with van der Waals surface area (Å²) in [7, 11) is 2.11. The molecule has 0 spiro atoms. The minimum absolute atomic E-state index is 0.0170. The van der Waals surface area contributed by atoms with Crippen LogP contribution in [0.1, 0.15) is 31.9 Å². The van der Waals surface area contributed by atoms with Gasteiger partial charge in [0, 0.05) is 16.2 Å². The highest BCUT2D eigenvalue weighted by Crippen LogP contribution is 2.41. The first-order chi connectivity index (χ1) is 19.3. The lowest BCUT2D eigenvalue weighted by Crippen LogP contribution is -2.32. The molecule has 0 atom stereocenters. The summed E-state index contributed by atoms with van der Waals surface area (Å²) in [6.07, 6.45) is 2.17. The van der Waals surface area contributed by atoms with Gasteiger partial charge in [0.2, 0.25) is 5.69 Å². The molecule has 0 saturated heterocycles. The van der Waals surface area contributed by atoms with Crippen LogP contribution < -0.4 is 4.57 Å². The zero-order valence-electron chi connectivity index (χ0n) is 23.6. The van der Waals surface area contributed by atoms with Crippen LogP contribution in [0.25, 0.3) is 60.3 Å². The molecule has 40 heavy (non-hydrogen) atoms. The first kappa shape index (κ1) is 24.5. The lowest BCUT2D eigenvalue weighted by Gasteiger charge is -2.24. The standard InChI is InChI=1S/C37H32FN2/c1-23-24-13-6-7-14-25(24)31(37(2,3)4)21-30(23)35-28-17-9-8-16-27(28)34(22-39(35)5)40-33-20-11-10-15-26(33)29-18-12-19-32(38)36(29)40/h6-22H,1-5H3/q+1. The van der Waals surface area contributed by atoms with E-state index < -0.39 is 0 Å². The first-order valence-corrected chi connectivity index (χ1v) is 13.9. The molecular formula is C37H32FN2+. The predicted octanol–water partition coefficient (Wildman–Crippen LogP) is 9.33. The number of nitrogens with zero attached hydrogens (tertiary/aromatic N) is 2. The van der Waals surface area contributed by atoms with E-state index in [0.717, 1.165) is 38.4 Å². The highest BCUT2D eigenvalue weighted by molar-refractivity contribution is 6.11. The number of benzene rings is 5. The molecular weight excluding hydrogens is 491 g/mol. The van der Waals surface area contributed by atoms with Crippen LogP contribution in [-0.2, 0) is 12.5 Å². The maximum Gasteiger partial charge on any atom is 0.220 e. The molecule has 0 N–H and O–H groups in total. The van der Waals surface area contributed by atoms with Crippen molar-refractivity contribution < 1.29 is 8.96 Å². The Morgan fingerprint density at radius 1 is 0.675 bits per heavy atom. The van der Waals surface area contributed by atoms with Crippen molar-refractivity contribution in [3.8, 4) is 16.9 Å². The van der Waals surface area contributed by atoms with Crippen LogP contribution in [0.2, 0.25) is 0 Å². The van der Waals surface area contributed by atoms with E-state index in [0.29, 0.717) is 5.52 Å². The van der Waals surface area contributed by atoms with Crippen LogP contribution in [0.3, 0.4) is 0 Å². The van der Waals surface area contributed by atoms with Gasteiger partial charge < -0.3 is 4.57 Å². The van der Waals surface area contributed by atoms with Crippen molar-refractivity contribution in [2.24, 2.45) is 7.05 Å². The van der Waals surface area contributed by atoms with Crippen molar-refractivity contribution in [3.05, 3.63) is 120 Å². The SMILES string of the molecule is Cc1c(-c2c3ccccc3c(-n3c4ccccc4c4cccc(F)c43)c[n+]2C)cc(C(C)(C)C)c2ccccc12. The Kier molecular flexibility index (Phi) is 5.37. The molecule has 0 radical (unpaired) electrons. The van der Waals surface area contributed by atoms with E-state index in [1.54, 1.807) is 12.1 Å². The monoisotopic (exact) mass is 523 g/mol. The molecule has 2 nitrogen and oxygen atoms in total. The van der Waals surface area contributed by atoms with Gasteiger partial charge in [-0.15, -0.1) is 0 Å². The molecule has 196 valence electrons. The van der Waals surface area contributed by atoms with Crippen LogP contribution in [0, 0.1) is 12.7 Å². The molecule has 0 unspecified atom stereocenters. The highest BCUT2D eigenvalue weighted by Gasteiger charge is 2.27. The predicted molar refractivity (Wildman–Crippen MR) is 166 cm³/mol. The third-order valence-electron chi connectivity index (χ3n) is 8.39. The summed E-state index contributed by atoms with van der Waals surface area (Å²) < 4.78 is 19.9. The zero-order chi connectivity index (χ0) is 27.8. The van der Waals surface area contributed by atoms with Crippen LogP contribution in [0.4, 0.5) is 4.39 Å². The Balaban J connectivity index is 1.62. The zero-order valence-corrected chi connectivity index (χ0v) is 23.6. The number of pyridine rings is 1. The number of halogens is 1. The summed E-state index contributed by atoms with van der Waals surface area (Å²) in [5.74, 6) is -0.218. The van der Waals surface area contributed by atoms with Crippen LogP contribution in [-0.4, -0.2) is 4.57 Å². The summed E-state index contributed by atoms with van der Waals surface area (Å²) in [6, 6.07) is 33.2. The van der Waals surface area contributed by atoms with Gasteiger partial charge in [-0.05, 0) is 58.5 Å². The van der Waals surface area contributed by atoms with Crippen molar-refractivity contribution in [1.29, 1.82) is 0 Å². The summed E-state index contributed by atoms with van der Waals surface area (Å²) in [5, 5.41) is 6.79. The van der Waals surface area contributed by atoms with Crippen molar-refractivity contribution in [1.82, 2.24) is 4.57 Å². The molecule has 2 aromatic heterocycles. The van der Waals surface area contributed by atoms with Gasteiger partial charge in [-0.1, -0.05) is 93.6 Å². The Morgan fingerprint density at radius 2 is 1.27 bits per heavy atom. The minimum atomic E-state index is -0.218. The Morgan fingerprint density at radius 3 is 2.00 bits per heavy atom. The summed E-state index contributed by atoms with van der Waals surface area (Å²) >= 11 is 0. The summed E-state index contributed by atoms with van der Waals surface area (Å²) in [6.45, 7) is 9.08. The maximum absolute atomic E-state index is 15.5. The second kappa shape index (κ2) is 8.76. The molecule has 0 saturated carbocycles. The quantitative estimate of drug-likeness (QED) is 0.200. The molecule has 3 heteroatoms. The van der Waals surface area contributed by atoms with Gasteiger partial charge in [-0.3, -0.25) is 0 Å². The summed E-state index contributed by atoms with van der Waals surface area (Å²) in [5.41, 5.74) is 7.54. The number of aryl methyl sites for hydroxylation is 2. The fourth-order valence-electron chi connectivity index (χ4n) is 6.55. The van der Waals surface area contributed by atoms with Gasteiger partial charge >= 0.3 is 0 Å². The number of hydrogen-bond acceptors (Lipinski definition) is 0. The van der Waals surface area contributed by atoms with Gasteiger partial charge in [0.25, 0.3) is 0 Å². The van der Waals surface area contributed by atoms with Crippen LogP contribution in [0.15, 0.2) is 103 Å². The molecule has 7 rings (SSSR count). The molecule has 0 amide bonds. The largest absolute Gasteiger partial charge is 0.301 e. The fraction of sp³-hybridized carbons (Fsp3) is 0.162. The lowest BCUT2D eigenvalue weighted by molar-refractivity contribution is -0.658. The van der Waals surface area contributed by atoms with E-state index in [2.05, 4.69) is 117 Å². The maximum atomic E-state index is 15.5. The van der Waals surface area contributed by atoms with Gasteiger partial charge in [-0.25, -0.2) is 4.39 Å². The third kappa shape index (κ3) is 3.50. The van der Waals surface area contributed by atoms with Crippen molar-refractivity contribution >= 4 is 43.4 Å². The Hall–Kier alpha value is -4.50. The van der Waals surface area contributed by atoms with Crippen molar-refractivity contribution in [2.45, 2.75) is 33.1 Å². The lowest BCUT2D eigenvalue weighted by atomic mass is 9.80. The van der Waals surface area contributed by atoms with E-state index in [9.17, 15) is 0 Å². The van der Waals surface area contributed by atoms with E-state index in [-0.39, 0.29) is 11.2 Å². The Labute approximate surface area is 233 Å². The molecule has 0 aliphatic carbocycles. The van der Waals surface area contributed by atoms with Gasteiger partial charge in [-0.2, -0.15) is 4.57 Å². The topological polar surface area (TPSA) is 8.81 Å². The van der Waals surface area contributed by atoms with Gasteiger partial charge in [0.1, 0.15) is 18.6 Å². The molecule has 0 aliphatic heterocycles. The van der Waals surface area contributed by atoms with E-state index >= 15 is 4.39 Å². The van der Waals surface area contributed by atoms with Gasteiger partial charge in [0.05, 0.1) is 22.0 Å². The first-order valence-electron chi connectivity index (χ1n) is 13.9. The normalized spacial score (nSPS) is 12.2. The number of aromatic nitrogens is 2. The smallest absolute Gasteiger partial charge is 0.220 e. The van der Waals surface area contributed by atoms with Crippen molar-refractivity contribution in [2.75, 3.05) is 0 Å². The second-order valence-electron chi connectivity index (χ2n) is 11.9.